The highest BCUT2D eigenvalue weighted by atomic mass is 16.4. The number of hydrogen-bond donors (Lipinski definition) is 1. The fraction of sp³-hybridized carbons (Fsp3) is 0.273. The average Bonchev–Trinajstić information content (AvgIpc) is 2.60. The van der Waals surface area contributed by atoms with Gasteiger partial charge >= 0.3 is 5.76 Å². The molecule has 84 valence electrons. The monoisotopic (exact) mass is 219 g/mol. The Morgan fingerprint density at radius 1 is 1.44 bits per heavy atom. The van der Waals surface area contributed by atoms with Crippen LogP contribution in [0.5, 0.6) is 0 Å². The van der Waals surface area contributed by atoms with Crippen molar-refractivity contribution in [3.05, 3.63) is 45.8 Å². The van der Waals surface area contributed by atoms with Crippen LogP contribution < -0.4 is 11.5 Å². The quantitative estimate of drug-likeness (QED) is 0.814. The number of hydrogen-bond acceptors (Lipinski definition) is 4. The van der Waals surface area contributed by atoms with Gasteiger partial charge in [0.05, 0.1) is 12.2 Å². The summed E-state index contributed by atoms with van der Waals surface area (Å²) in [6.07, 6.45) is 0. The fourth-order valence-corrected chi connectivity index (χ4v) is 1.59. The zero-order valence-electron chi connectivity index (χ0n) is 9.23. The second-order valence-electron chi connectivity index (χ2n) is 3.67. The van der Waals surface area contributed by atoms with E-state index >= 15 is 0 Å². The van der Waals surface area contributed by atoms with E-state index in [1.54, 1.807) is 0 Å². The Hall–Kier alpha value is -1.88. The lowest BCUT2D eigenvalue weighted by Crippen LogP contribution is -2.14. The van der Waals surface area contributed by atoms with E-state index in [-0.39, 0.29) is 12.4 Å². The molecular weight excluding hydrogens is 206 g/mol. The van der Waals surface area contributed by atoms with Crippen LogP contribution in [-0.2, 0) is 6.54 Å². The van der Waals surface area contributed by atoms with Crippen LogP contribution in [0.2, 0.25) is 0 Å². The summed E-state index contributed by atoms with van der Waals surface area (Å²) in [5, 5.41) is 4.00. The minimum atomic E-state index is -0.507. The van der Waals surface area contributed by atoms with E-state index in [1.807, 2.05) is 32.0 Å². The van der Waals surface area contributed by atoms with Gasteiger partial charge in [-0.3, -0.25) is 0 Å². The number of aryl methyl sites for hydroxylation is 2. The van der Waals surface area contributed by atoms with Crippen molar-refractivity contribution in [2.24, 2.45) is 5.73 Å². The molecule has 1 aromatic heterocycles. The highest BCUT2D eigenvalue weighted by Gasteiger charge is 2.10. The first-order chi connectivity index (χ1) is 7.61. The molecule has 0 fully saturated rings. The molecule has 1 aromatic carbocycles. The topological polar surface area (TPSA) is 74.1 Å². The number of nitrogens with two attached hydrogens (primary N) is 1. The Balaban J connectivity index is 2.58. The summed E-state index contributed by atoms with van der Waals surface area (Å²) in [6.45, 7) is 4.03. The highest BCUT2D eigenvalue weighted by molar-refractivity contribution is 5.41. The lowest BCUT2D eigenvalue weighted by Gasteiger charge is -2.03. The van der Waals surface area contributed by atoms with Gasteiger partial charge in [0.1, 0.15) is 0 Å². The minimum Gasteiger partial charge on any atom is -0.391 e. The molecule has 0 amide bonds. The second kappa shape index (κ2) is 3.94. The molecule has 2 aromatic rings. The Bertz CT molecular complexity index is 569. The van der Waals surface area contributed by atoms with E-state index in [9.17, 15) is 4.79 Å². The number of nitrogens with zero attached hydrogens (tertiary/aromatic N) is 2. The molecule has 0 aliphatic heterocycles. The molecule has 0 aliphatic carbocycles. The SMILES string of the molecule is Cc1ccc(-n2nc(CN)oc2=O)c(C)c1. The molecule has 0 spiro atoms. The number of aromatic nitrogens is 2. The number of benzene rings is 1. The van der Waals surface area contributed by atoms with Gasteiger partial charge < -0.3 is 10.2 Å². The summed E-state index contributed by atoms with van der Waals surface area (Å²) >= 11 is 0. The Labute approximate surface area is 92.5 Å². The summed E-state index contributed by atoms with van der Waals surface area (Å²) in [7, 11) is 0. The summed E-state index contributed by atoms with van der Waals surface area (Å²) in [5.41, 5.74) is 8.19. The van der Waals surface area contributed by atoms with Crippen LogP contribution >= 0.6 is 0 Å². The number of rotatable bonds is 2. The summed E-state index contributed by atoms with van der Waals surface area (Å²) in [6, 6.07) is 5.75. The molecule has 2 N–H and O–H groups in total. The average molecular weight is 219 g/mol. The van der Waals surface area contributed by atoms with Gasteiger partial charge in [0.25, 0.3) is 0 Å². The molecule has 1 heterocycles. The van der Waals surface area contributed by atoms with Crippen LogP contribution in [0.1, 0.15) is 17.0 Å². The zero-order valence-corrected chi connectivity index (χ0v) is 9.23. The molecule has 0 saturated heterocycles. The van der Waals surface area contributed by atoms with Crippen molar-refractivity contribution in [2.75, 3.05) is 0 Å². The standard InChI is InChI=1S/C11H13N3O2/c1-7-3-4-9(8(2)5-7)14-11(15)16-10(6-12)13-14/h3-5H,6,12H2,1-2H3. The van der Waals surface area contributed by atoms with Gasteiger partial charge in [0.15, 0.2) is 0 Å². The first-order valence-electron chi connectivity index (χ1n) is 4.98. The zero-order chi connectivity index (χ0) is 11.7. The van der Waals surface area contributed by atoms with Gasteiger partial charge in [-0.15, -0.1) is 5.10 Å². The minimum absolute atomic E-state index is 0.118. The predicted molar refractivity (Wildman–Crippen MR) is 59.5 cm³/mol. The Morgan fingerprint density at radius 2 is 2.19 bits per heavy atom. The lowest BCUT2D eigenvalue weighted by molar-refractivity contribution is 0.460. The van der Waals surface area contributed by atoms with Crippen molar-refractivity contribution < 1.29 is 4.42 Å². The van der Waals surface area contributed by atoms with Crippen molar-refractivity contribution in [3.8, 4) is 5.69 Å². The molecule has 0 saturated carbocycles. The van der Waals surface area contributed by atoms with Gasteiger partial charge in [-0.25, -0.2) is 4.79 Å². The van der Waals surface area contributed by atoms with Gasteiger partial charge in [0, 0.05) is 0 Å². The van der Waals surface area contributed by atoms with E-state index in [0.29, 0.717) is 0 Å². The predicted octanol–water partition coefficient (Wildman–Crippen LogP) is 0.901. The third-order valence-corrected chi connectivity index (χ3v) is 2.34. The molecule has 2 rings (SSSR count). The maximum atomic E-state index is 11.5. The normalized spacial score (nSPS) is 10.7. The largest absolute Gasteiger partial charge is 0.442 e. The van der Waals surface area contributed by atoms with Gasteiger partial charge in [-0.1, -0.05) is 17.7 Å². The highest BCUT2D eigenvalue weighted by Crippen LogP contribution is 2.13. The van der Waals surface area contributed by atoms with Crippen molar-refractivity contribution in [3.63, 3.8) is 0 Å². The smallest absolute Gasteiger partial charge is 0.391 e. The summed E-state index contributed by atoms with van der Waals surface area (Å²) in [4.78, 5) is 11.5. The van der Waals surface area contributed by atoms with E-state index in [2.05, 4.69) is 5.10 Å². The van der Waals surface area contributed by atoms with Crippen LogP contribution in [0.25, 0.3) is 5.69 Å². The van der Waals surface area contributed by atoms with Crippen LogP contribution in [0.15, 0.2) is 27.4 Å². The summed E-state index contributed by atoms with van der Waals surface area (Å²) in [5.74, 6) is -0.266. The first kappa shape index (κ1) is 10.6. The molecule has 0 unspecified atom stereocenters. The molecule has 0 radical (unpaired) electrons. The first-order valence-corrected chi connectivity index (χ1v) is 4.98. The van der Waals surface area contributed by atoms with E-state index in [4.69, 9.17) is 10.2 Å². The molecule has 0 aliphatic rings. The third-order valence-electron chi connectivity index (χ3n) is 2.34. The van der Waals surface area contributed by atoms with Crippen molar-refractivity contribution in [1.82, 2.24) is 9.78 Å². The van der Waals surface area contributed by atoms with Crippen LogP contribution in [0.4, 0.5) is 0 Å². The maximum Gasteiger partial charge on any atom is 0.442 e. The Kier molecular flexibility index (Phi) is 2.62. The second-order valence-corrected chi connectivity index (χ2v) is 3.67. The van der Waals surface area contributed by atoms with Crippen LogP contribution in [0, 0.1) is 13.8 Å². The molecule has 0 bridgehead atoms. The molecule has 5 heteroatoms. The van der Waals surface area contributed by atoms with E-state index < -0.39 is 5.76 Å². The molecule has 0 atom stereocenters. The van der Waals surface area contributed by atoms with Crippen LogP contribution in [-0.4, -0.2) is 9.78 Å². The van der Waals surface area contributed by atoms with Crippen molar-refractivity contribution in [1.29, 1.82) is 0 Å². The van der Waals surface area contributed by atoms with Crippen LogP contribution in [0.3, 0.4) is 0 Å². The maximum absolute atomic E-state index is 11.5. The Morgan fingerprint density at radius 3 is 2.75 bits per heavy atom. The van der Waals surface area contributed by atoms with Gasteiger partial charge in [-0.2, -0.15) is 4.68 Å². The van der Waals surface area contributed by atoms with E-state index in [1.165, 1.54) is 4.68 Å². The van der Waals surface area contributed by atoms with Crippen molar-refractivity contribution in [2.45, 2.75) is 20.4 Å². The lowest BCUT2D eigenvalue weighted by atomic mass is 10.1. The fourth-order valence-electron chi connectivity index (χ4n) is 1.59. The molecule has 16 heavy (non-hydrogen) atoms. The van der Waals surface area contributed by atoms with E-state index in [0.717, 1.165) is 16.8 Å². The van der Waals surface area contributed by atoms with Crippen molar-refractivity contribution >= 4 is 0 Å². The third kappa shape index (κ3) is 1.77. The van der Waals surface area contributed by atoms with Gasteiger partial charge in [-0.05, 0) is 25.5 Å². The molecule has 5 nitrogen and oxygen atoms in total. The molecular formula is C11H13N3O2. The van der Waals surface area contributed by atoms with Gasteiger partial charge in [0.2, 0.25) is 5.89 Å². The summed E-state index contributed by atoms with van der Waals surface area (Å²) < 4.78 is 6.11.